The van der Waals surface area contributed by atoms with Gasteiger partial charge in [-0.1, -0.05) is 45.0 Å². The first kappa shape index (κ1) is 24.5. The fourth-order valence-electron chi connectivity index (χ4n) is 2.88. The average Bonchev–Trinajstić information content (AvgIpc) is 2.69. The zero-order chi connectivity index (χ0) is 23.2. The molecule has 0 spiro atoms. The number of carbonyl (C=O) groups excluding carboxylic acids is 2. The van der Waals surface area contributed by atoms with E-state index in [9.17, 15) is 22.4 Å². The van der Waals surface area contributed by atoms with Crippen LogP contribution < -0.4 is 10.6 Å². The van der Waals surface area contributed by atoms with Crippen LogP contribution in [0.15, 0.2) is 48.5 Å². The fraction of sp³-hybridized carbons (Fsp3) is 0.391. The first-order valence-corrected chi connectivity index (χ1v) is 12.0. The maximum Gasteiger partial charge on any atom is 0.251 e. The molecule has 31 heavy (non-hydrogen) atoms. The fourth-order valence-corrected chi connectivity index (χ4v) is 3.54. The van der Waals surface area contributed by atoms with Crippen molar-refractivity contribution in [1.29, 1.82) is 0 Å². The second-order valence-corrected chi connectivity index (χ2v) is 10.9. The maximum atomic E-state index is 13.0. The molecule has 2 rings (SSSR count). The summed E-state index contributed by atoms with van der Waals surface area (Å²) in [6, 6.07) is 11.7. The number of hydrogen-bond acceptors (Lipinski definition) is 4. The van der Waals surface area contributed by atoms with Crippen molar-refractivity contribution in [3.8, 4) is 0 Å². The Morgan fingerprint density at radius 2 is 1.58 bits per heavy atom. The van der Waals surface area contributed by atoms with Crippen LogP contribution in [0.25, 0.3) is 0 Å². The molecule has 0 fully saturated rings. The second kappa shape index (κ2) is 10.0. The van der Waals surface area contributed by atoms with E-state index in [1.54, 1.807) is 12.1 Å². The minimum absolute atomic E-state index is 0.0557. The molecule has 2 amide bonds. The van der Waals surface area contributed by atoms with Gasteiger partial charge in [-0.25, -0.2) is 12.8 Å². The first-order valence-electron chi connectivity index (χ1n) is 9.96. The van der Waals surface area contributed by atoms with Gasteiger partial charge in [0, 0.05) is 18.4 Å². The normalized spacial score (nSPS) is 12.8. The van der Waals surface area contributed by atoms with Crippen molar-refractivity contribution in [2.24, 2.45) is 0 Å². The van der Waals surface area contributed by atoms with E-state index in [2.05, 4.69) is 31.4 Å². The molecule has 0 aliphatic carbocycles. The zero-order valence-corrected chi connectivity index (χ0v) is 19.1. The molecular formula is C23H29FN2O4S. The number of halogens is 1. The number of amides is 2. The highest BCUT2D eigenvalue weighted by atomic mass is 32.2. The highest BCUT2D eigenvalue weighted by Crippen LogP contribution is 2.22. The van der Waals surface area contributed by atoms with Gasteiger partial charge in [0.25, 0.3) is 5.91 Å². The number of carbonyl (C=O) groups is 2. The van der Waals surface area contributed by atoms with Crippen LogP contribution in [-0.2, 0) is 26.6 Å². The third-order valence-corrected chi connectivity index (χ3v) is 5.77. The standard InChI is InChI=1S/C23H29FN2O4S/c1-23(2,3)18-9-7-17(8-10-18)21(27)26-20(13-14-31(4,29)30)22(28)25-15-16-5-11-19(24)12-6-16/h5-12,20H,13-15H2,1-4H3,(H,25,28)(H,26,27)/t20-/m1/s1. The van der Waals surface area contributed by atoms with Crippen LogP contribution in [0.4, 0.5) is 4.39 Å². The van der Waals surface area contributed by atoms with Crippen molar-refractivity contribution < 1.29 is 22.4 Å². The minimum Gasteiger partial charge on any atom is -0.350 e. The van der Waals surface area contributed by atoms with Crippen molar-refractivity contribution >= 4 is 21.7 Å². The number of hydrogen-bond donors (Lipinski definition) is 2. The van der Waals surface area contributed by atoms with Gasteiger partial charge in [0.15, 0.2) is 0 Å². The van der Waals surface area contributed by atoms with Gasteiger partial charge in [-0.15, -0.1) is 0 Å². The van der Waals surface area contributed by atoms with E-state index in [1.807, 2.05) is 12.1 Å². The third kappa shape index (κ3) is 8.13. The molecule has 0 bridgehead atoms. The van der Waals surface area contributed by atoms with Crippen molar-refractivity contribution in [3.63, 3.8) is 0 Å². The SMILES string of the molecule is CC(C)(C)c1ccc(C(=O)N[C@H](CCS(C)(=O)=O)C(=O)NCc2ccc(F)cc2)cc1. The Balaban J connectivity index is 2.09. The van der Waals surface area contributed by atoms with Crippen molar-refractivity contribution in [2.45, 2.75) is 45.2 Å². The summed E-state index contributed by atoms with van der Waals surface area (Å²) in [5.41, 5.74) is 2.06. The minimum atomic E-state index is -3.32. The van der Waals surface area contributed by atoms with E-state index in [0.29, 0.717) is 11.1 Å². The highest BCUT2D eigenvalue weighted by molar-refractivity contribution is 7.90. The third-order valence-electron chi connectivity index (χ3n) is 4.79. The number of sulfone groups is 1. The Bertz CT molecular complexity index is 1010. The lowest BCUT2D eigenvalue weighted by Crippen LogP contribution is -2.47. The van der Waals surface area contributed by atoms with Gasteiger partial charge < -0.3 is 10.6 Å². The molecule has 2 aromatic rings. The predicted octanol–water partition coefficient (Wildman–Crippen LogP) is 2.97. The monoisotopic (exact) mass is 448 g/mol. The first-order chi connectivity index (χ1) is 14.3. The van der Waals surface area contributed by atoms with Gasteiger partial charge in [0.1, 0.15) is 21.7 Å². The number of rotatable bonds is 8. The van der Waals surface area contributed by atoms with Crippen molar-refractivity contribution in [1.82, 2.24) is 10.6 Å². The summed E-state index contributed by atoms with van der Waals surface area (Å²) in [6.07, 6.45) is 1.02. The summed E-state index contributed by atoms with van der Waals surface area (Å²) in [5.74, 6) is -1.60. The van der Waals surface area contributed by atoms with E-state index >= 15 is 0 Å². The Morgan fingerprint density at radius 1 is 1.00 bits per heavy atom. The largest absolute Gasteiger partial charge is 0.350 e. The lowest BCUT2D eigenvalue weighted by Gasteiger charge is -2.20. The van der Waals surface area contributed by atoms with E-state index in [1.165, 1.54) is 24.3 Å². The van der Waals surface area contributed by atoms with Gasteiger partial charge in [-0.2, -0.15) is 0 Å². The molecule has 6 nitrogen and oxygen atoms in total. The van der Waals surface area contributed by atoms with Crippen molar-refractivity contribution in [2.75, 3.05) is 12.0 Å². The molecule has 0 aliphatic heterocycles. The molecule has 0 radical (unpaired) electrons. The van der Waals surface area contributed by atoms with Crippen LogP contribution in [0.1, 0.15) is 48.7 Å². The molecule has 2 aromatic carbocycles. The average molecular weight is 449 g/mol. The molecular weight excluding hydrogens is 419 g/mol. The van der Waals surface area contributed by atoms with Gasteiger partial charge >= 0.3 is 0 Å². The van der Waals surface area contributed by atoms with Crippen LogP contribution in [0.3, 0.4) is 0 Å². The zero-order valence-electron chi connectivity index (χ0n) is 18.2. The second-order valence-electron chi connectivity index (χ2n) is 8.62. The smallest absolute Gasteiger partial charge is 0.251 e. The summed E-state index contributed by atoms with van der Waals surface area (Å²) >= 11 is 0. The quantitative estimate of drug-likeness (QED) is 0.649. The van der Waals surface area contributed by atoms with Gasteiger partial charge in [-0.05, 0) is 47.2 Å². The molecule has 0 saturated carbocycles. The molecule has 8 heteroatoms. The van der Waals surface area contributed by atoms with Crippen LogP contribution in [-0.4, -0.2) is 38.3 Å². The Labute approximate surface area is 183 Å². The Kier molecular flexibility index (Phi) is 7.95. The molecule has 0 aliphatic rings. The molecule has 1 atom stereocenters. The van der Waals surface area contributed by atoms with E-state index in [-0.39, 0.29) is 30.0 Å². The molecule has 0 aromatic heterocycles. The van der Waals surface area contributed by atoms with E-state index < -0.39 is 27.7 Å². The van der Waals surface area contributed by atoms with Gasteiger partial charge in [0.05, 0.1) is 5.75 Å². The van der Waals surface area contributed by atoms with Crippen LogP contribution in [0.5, 0.6) is 0 Å². The van der Waals surface area contributed by atoms with Crippen LogP contribution >= 0.6 is 0 Å². The summed E-state index contributed by atoms with van der Waals surface area (Å²) < 4.78 is 36.2. The molecule has 0 heterocycles. The Hall–Kier alpha value is -2.74. The lowest BCUT2D eigenvalue weighted by molar-refractivity contribution is -0.123. The van der Waals surface area contributed by atoms with Gasteiger partial charge in [0.2, 0.25) is 5.91 Å². The van der Waals surface area contributed by atoms with Gasteiger partial charge in [-0.3, -0.25) is 9.59 Å². The summed E-state index contributed by atoms with van der Waals surface area (Å²) in [5, 5.41) is 5.30. The Morgan fingerprint density at radius 3 is 2.10 bits per heavy atom. The molecule has 0 unspecified atom stereocenters. The van der Waals surface area contributed by atoms with Crippen LogP contribution in [0, 0.1) is 5.82 Å². The summed E-state index contributed by atoms with van der Waals surface area (Å²) in [7, 11) is -3.32. The van der Waals surface area contributed by atoms with Crippen molar-refractivity contribution in [3.05, 3.63) is 71.0 Å². The molecule has 2 N–H and O–H groups in total. The maximum absolute atomic E-state index is 13.0. The van der Waals surface area contributed by atoms with E-state index in [0.717, 1.165) is 11.8 Å². The topological polar surface area (TPSA) is 92.3 Å². The van der Waals surface area contributed by atoms with E-state index in [4.69, 9.17) is 0 Å². The predicted molar refractivity (Wildman–Crippen MR) is 119 cm³/mol. The molecule has 168 valence electrons. The number of benzene rings is 2. The molecule has 0 saturated heterocycles. The number of nitrogens with one attached hydrogen (secondary N) is 2. The summed E-state index contributed by atoms with van der Waals surface area (Å²) in [6.45, 7) is 6.32. The highest BCUT2D eigenvalue weighted by Gasteiger charge is 2.23. The summed E-state index contributed by atoms with van der Waals surface area (Å²) in [4.78, 5) is 25.3. The van der Waals surface area contributed by atoms with Crippen LogP contribution in [0.2, 0.25) is 0 Å². The lowest BCUT2D eigenvalue weighted by atomic mass is 9.86.